The number of allylic oxidation sites excluding steroid dienone is 1. The molecule has 5 heteroatoms. The number of nitrogens with one attached hydrogen (secondary N) is 1. The van der Waals surface area contributed by atoms with Gasteiger partial charge in [-0.3, -0.25) is 0 Å². The summed E-state index contributed by atoms with van der Waals surface area (Å²) in [6.45, 7) is 0. The van der Waals surface area contributed by atoms with Crippen LogP contribution >= 0.6 is 0 Å². The number of hydrogen-bond donors (Lipinski definition) is 1. The van der Waals surface area contributed by atoms with Gasteiger partial charge in [0.25, 0.3) is 0 Å². The van der Waals surface area contributed by atoms with Crippen molar-refractivity contribution in [3.05, 3.63) is 41.7 Å². The molecule has 1 rings (SSSR count). The largest absolute Gasteiger partial charge is 0.495 e. The van der Waals surface area contributed by atoms with Crippen LogP contribution in [-0.4, -0.2) is 26.5 Å². The molecule has 0 heterocycles. The van der Waals surface area contributed by atoms with Gasteiger partial charge in [0.05, 0.1) is 20.4 Å². The molecule has 0 saturated heterocycles. The number of nitrogens with zero attached hydrogens (tertiary/aromatic N) is 1. The van der Waals surface area contributed by atoms with E-state index in [2.05, 4.69) is 15.3 Å². The maximum Gasteiger partial charge on any atom is 0.427 e. The van der Waals surface area contributed by atoms with Crippen molar-refractivity contribution in [2.75, 3.05) is 14.2 Å². The Hall–Kier alpha value is -2.30. The van der Waals surface area contributed by atoms with Gasteiger partial charge in [0.2, 0.25) is 0 Å². The van der Waals surface area contributed by atoms with Crippen LogP contribution in [0, 0.1) is 0 Å². The predicted molar refractivity (Wildman–Crippen MR) is 65.5 cm³/mol. The molecule has 17 heavy (non-hydrogen) atoms. The Balaban J connectivity index is 2.66. The summed E-state index contributed by atoms with van der Waals surface area (Å²) in [6, 6.07) is 9.63. The zero-order chi connectivity index (χ0) is 12.5. The van der Waals surface area contributed by atoms with E-state index in [-0.39, 0.29) is 0 Å². The second-order valence-corrected chi connectivity index (χ2v) is 3.02. The molecule has 0 radical (unpaired) electrons. The number of carbonyl (C=O) groups excluding carboxylic acids is 1. The molecule has 0 aliphatic heterocycles. The van der Waals surface area contributed by atoms with Gasteiger partial charge in [-0.15, -0.1) is 0 Å². The highest BCUT2D eigenvalue weighted by Gasteiger charge is 1.95. The number of ether oxygens (including phenoxy) is 2. The topological polar surface area (TPSA) is 59.9 Å². The van der Waals surface area contributed by atoms with Crippen LogP contribution in [0.1, 0.15) is 5.56 Å². The molecule has 0 aliphatic rings. The van der Waals surface area contributed by atoms with Crippen molar-refractivity contribution in [2.24, 2.45) is 5.10 Å². The smallest absolute Gasteiger partial charge is 0.427 e. The lowest BCUT2D eigenvalue weighted by atomic mass is 10.2. The standard InChI is InChI=1S/C12H14N2O3/c1-16-11(9-13-14-12(15)17-2)8-10-6-4-3-5-7-10/h3-9H,1-2H3,(H,14,15). The van der Waals surface area contributed by atoms with Crippen molar-refractivity contribution in [1.82, 2.24) is 5.43 Å². The van der Waals surface area contributed by atoms with Gasteiger partial charge in [0, 0.05) is 0 Å². The molecular formula is C12H14N2O3. The van der Waals surface area contributed by atoms with Gasteiger partial charge in [-0.25, -0.2) is 10.2 Å². The maximum absolute atomic E-state index is 10.7. The molecule has 5 nitrogen and oxygen atoms in total. The van der Waals surface area contributed by atoms with Crippen molar-refractivity contribution in [1.29, 1.82) is 0 Å². The molecule has 1 aromatic carbocycles. The zero-order valence-electron chi connectivity index (χ0n) is 9.71. The third-order valence-corrected chi connectivity index (χ3v) is 1.88. The summed E-state index contributed by atoms with van der Waals surface area (Å²) < 4.78 is 9.45. The maximum atomic E-state index is 10.7. The third-order valence-electron chi connectivity index (χ3n) is 1.88. The number of hydrogen-bond acceptors (Lipinski definition) is 4. The summed E-state index contributed by atoms with van der Waals surface area (Å²) >= 11 is 0. The van der Waals surface area contributed by atoms with Gasteiger partial charge >= 0.3 is 6.09 Å². The number of benzene rings is 1. The first-order valence-electron chi connectivity index (χ1n) is 4.94. The van der Waals surface area contributed by atoms with E-state index in [1.807, 2.05) is 30.3 Å². The Bertz CT molecular complexity index is 413. The fourth-order valence-electron chi connectivity index (χ4n) is 1.06. The summed E-state index contributed by atoms with van der Waals surface area (Å²) in [5, 5.41) is 3.67. The highest BCUT2D eigenvalue weighted by atomic mass is 16.5. The Kier molecular flexibility index (Phi) is 5.30. The molecular weight excluding hydrogens is 220 g/mol. The molecule has 1 amide bonds. The Morgan fingerprint density at radius 3 is 2.53 bits per heavy atom. The Morgan fingerprint density at radius 2 is 1.94 bits per heavy atom. The zero-order valence-corrected chi connectivity index (χ0v) is 9.71. The minimum Gasteiger partial charge on any atom is -0.495 e. The second-order valence-electron chi connectivity index (χ2n) is 3.02. The molecule has 1 aromatic rings. The van der Waals surface area contributed by atoms with Crippen LogP contribution in [0.25, 0.3) is 6.08 Å². The van der Waals surface area contributed by atoms with Crippen LogP contribution in [0.15, 0.2) is 41.2 Å². The number of hydrazone groups is 1. The highest BCUT2D eigenvalue weighted by molar-refractivity contribution is 5.83. The molecule has 0 aromatic heterocycles. The van der Waals surface area contributed by atoms with E-state index in [1.165, 1.54) is 20.4 Å². The first-order valence-corrected chi connectivity index (χ1v) is 4.94. The van der Waals surface area contributed by atoms with Gasteiger partial charge in [-0.2, -0.15) is 5.10 Å². The number of carbonyl (C=O) groups is 1. The van der Waals surface area contributed by atoms with E-state index in [0.29, 0.717) is 5.76 Å². The van der Waals surface area contributed by atoms with Crippen molar-refractivity contribution in [2.45, 2.75) is 0 Å². The van der Waals surface area contributed by atoms with Gasteiger partial charge in [-0.1, -0.05) is 30.3 Å². The average molecular weight is 234 g/mol. The molecule has 0 fully saturated rings. The molecule has 0 unspecified atom stereocenters. The molecule has 0 spiro atoms. The predicted octanol–water partition coefficient (Wildman–Crippen LogP) is 2.02. The lowest BCUT2D eigenvalue weighted by Gasteiger charge is -2.00. The highest BCUT2D eigenvalue weighted by Crippen LogP contribution is 2.05. The SMILES string of the molecule is COC(=O)NN=CC(=Cc1ccccc1)OC. The van der Waals surface area contributed by atoms with E-state index >= 15 is 0 Å². The summed E-state index contributed by atoms with van der Waals surface area (Å²) in [7, 11) is 2.79. The number of amides is 1. The average Bonchev–Trinajstić information content (AvgIpc) is 2.38. The van der Waals surface area contributed by atoms with Crippen molar-refractivity contribution < 1.29 is 14.3 Å². The second kappa shape index (κ2) is 7.05. The normalized spacial score (nSPS) is 11.3. The molecule has 0 atom stereocenters. The van der Waals surface area contributed by atoms with Gasteiger partial charge < -0.3 is 9.47 Å². The lowest BCUT2D eigenvalue weighted by molar-refractivity contribution is 0.171. The Labute approximate surface area is 99.7 Å². The van der Waals surface area contributed by atoms with Gasteiger partial charge in [0.15, 0.2) is 0 Å². The van der Waals surface area contributed by atoms with E-state index in [1.54, 1.807) is 6.08 Å². The van der Waals surface area contributed by atoms with E-state index in [4.69, 9.17) is 4.74 Å². The van der Waals surface area contributed by atoms with Crippen molar-refractivity contribution in [3.63, 3.8) is 0 Å². The number of rotatable bonds is 4. The van der Waals surface area contributed by atoms with Crippen LogP contribution in [0.3, 0.4) is 0 Å². The monoisotopic (exact) mass is 234 g/mol. The van der Waals surface area contributed by atoms with E-state index in [9.17, 15) is 4.79 Å². The van der Waals surface area contributed by atoms with Crippen LogP contribution in [0.5, 0.6) is 0 Å². The molecule has 0 saturated carbocycles. The Morgan fingerprint density at radius 1 is 1.24 bits per heavy atom. The van der Waals surface area contributed by atoms with Crippen LogP contribution in [0.2, 0.25) is 0 Å². The van der Waals surface area contributed by atoms with Crippen molar-refractivity contribution >= 4 is 18.4 Å². The summed E-state index contributed by atoms with van der Waals surface area (Å²) in [4.78, 5) is 10.7. The molecule has 0 bridgehead atoms. The molecule has 90 valence electrons. The van der Waals surface area contributed by atoms with E-state index in [0.717, 1.165) is 5.56 Å². The van der Waals surface area contributed by atoms with Crippen LogP contribution < -0.4 is 5.43 Å². The van der Waals surface area contributed by atoms with Crippen molar-refractivity contribution in [3.8, 4) is 0 Å². The fourth-order valence-corrected chi connectivity index (χ4v) is 1.06. The van der Waals surface area contributed by atoms with Gasteiger partial charge in [0.1, 0.15) is 5.76 Å². The minimum atomic E-state index is -0.628. The first-order chi connectivity index (χ1) is 8.26. The quantitative estimate of drug-likeness (QED) is 0.492. The fraction of sp³-hybridized carbons (Fsp3) is 0.167. The lowest BCUT2D eigenvalue weighted by Crippen LogP contribution is -2.16. The third kappa shape index (κ3) is 4.83. The summed E-state index contributed by atoms with van der Waals surface area (Å²) in [5.41, 5.74) is 3.15. The summed E-state index contributed by atoms with van der Waals surface area (Å²) in [6.07, 6.45) is 2.56. The van der Waals surface area contributed by atoms with Crippen LogP contribution in [0.4, 0.5) is 4.79 Å². The van der Waals surface area contributed by atoms with E-state index < -0.39 is 6.09 Å². The first kappa shape index (κ1) is 12.8. The number of methoxy groups -OCH3 is 2. The summed E-state index contributed by atoms with van der Waals surface area (Å²) in [5.74, 6) is 0.521. The molecule has 1 N–H and O–H groups in total. The minimum absolute atomic E-state index is 0.521. The van der Waals surface area contributed by atoms with Crippen LogP contribution in [-0.2, 0) is 9.47 Å². The molecule has 0 aliphatic carbocycles. The van der Waals surface area contributed by atoms with Gasteiger partial charge in [-0.05, 0) is 11.6 Å².